The minimum absolute atomic E-state index is 0.362. The molecule has 1 heterocycles. The molecule has 0 aromatic rings. The third-order valence-corrected chi connectivity index (χ3v) is 3.22. The van der Waals surface area contributed by atoms with Gasteiger partial charge in [0.1, 0.15) is 0 Å². The van der Waals surface area contributed by atoms with Crippen LogP contribution < -0.4 is 0 Å². The fraction of sp³-hybridized carbons (Fsp3) is 0.857. The van der Waals surface area contributed by atoms with Gasteiger partial charge in [0, 0.05) is 12.6 Å². The Morgan fingerprint density at radius 1 is 1.43 bits per heavy atom. The molecule has 1 rings (SSSR count). The second-order valence-electron chi connectivity index (χ2n) is 3.47. The summed E-state index contributed by atoms with van der Waals surface area (Å²) in [5, 5.41) is 8.78. The van der Waals surface area contributed by atoms with Gasteiger partial charge in [-0.2, -0.15) is 0 Å². The number of rotatable bonds is 2. The van der Waals surface area contributed by atoms with Gasteiger partial charge >= 0.3 is 13.7 Å². The second-order valence-corrected chi connectivity index (χ2v) is 5.17. The van der Waals surface area contributed by atoms with Gasteiger partial charge in [0.25, 0.3) is 0 Å². The van der Waals surface area contributed by atoms with Crippen LogP contribution in [0.15, 0.2) is 0 Å². The van der Waals surface area contributed by atoms with Crippen LogP contribution in [0.3, 0.4) is 0 Å². The number of hydrogen-bond donors (Lipinski definition) is 3. The number of carboxylic acid groups (broad SMARTS) is 1. The molecule has 0 saturated carbocycles. The highest BCUT2D eigenvalue weighted by Crippen LogP contribution is 2.38. The van der Waals surface area contributed by atoms with E-state index in [9.17, 15) is 9.36 Å². The molecule has 1 saturated heterocycles. The van der Waals surface area contributed by atoms with Crippen molar-refractivity contribution in [2.45, 2.75) is 25.3 Å². The van der Waals surface area contributed by atoms with Crippen LogP contribution in [0, 0.1) is 0 Å². The highest BCUT2D eigenvalue weighted by Gasteiger charge is 2.31. The largest absolute Gasteiger partial charge is 0.465 e. The van der Waals surface area contributed by atoms with Crippen LogP contribution in [0.5, 0.6) is 0 Å². The lowest BCUT2D eigenvalue weighted by Gasteiger charge is -2.33. The van der Waals surface area contributed by atoms with Crippen molar-refractivity contribution in [2.24, 2.45) is 0 Å². The lowest BCUT2D eigenvalue weighted by Crippen LogP contribution is -2.44. The van der Waals surface area contributed by atoms with Crippen LogP contribution in [0.1, 0.15) is 19.3 Å². The summed E-state index contributed by atoms with van der Waals surface area (Å²) < 4.78 is 10.7. The average Bonchev–Trinajstić information content (AvgIpc) is 2.01. The van der Waals surface area contributed by atoms with Crippen molar-refractivity contribution >= 4 is 13.7 Å². The Kier molecular flexibility index (Phi) is 3.53. The van der Waals surface area contributed by atoms with Gasteiger partial charge in [-0.1, -0.05) is 0 Å². The molecule has 14 heavy (non-hydrogen) atoms. The summed E-state index contributed by atoms with van der Waals surface area (Å²) in [4.78, 5) is 29.4. The SMILES string of the molecule is O=C(O)N1CCCCC1CP(=O)(O)O. The molecule has 1 aliphatic rings. The molecule has 1 atom stereocenters. The quantitative estimate of drug-likeness (QED) is 0.598. The zero-order valence-corrected chi connectivity index (χ0v) is 8.56. The van der Waals surface area contributed by atoms with E-state index < -0.39 is 19.7 Å². The number of carbonyl (C=O) groups is 1. The zero-order chi connectivity index (χ0) is 10.8. The first-order valence-electron chi connectivity index (χ1n) is 4.44. The van der Waals surface area contributed by atoms with E-state index in [1.54, 1.807) is 0 Å². The first-order chi connectivity index (χ1) is 6.40. The van der Waals surface area contributed by atoms with Crippen molar-refractivity contribution in [3.05, 3.63) is 0 Å². The molecule has 1 amide bonds. The summed E-state index contributed by atoms with van der Waals surface area (Å²) >= 11 is 0. The van der Waals surface area contributed by atoms with E-state index in [4.69, 9.17) is 14.9 Å². The van der Waals surface area contributed by atoms with Gasteiger partial charge in [0.2, 0.25) is 0 Å². The van der Waals surface area contributed by atoms with Gasteiger partial charge < -0.3 is 19.8 Å². The molecule has 1 aliphatic heterocycles. The molecule has 1 unspecified atom stereocenters. The summed E-state index contributed by atoms with van der Waals surface area (Å²) in [5.41, 5.74) is 0. The predicted molar refractivity (Wildman–Crippen MR) is 49.3 cm³/mol. The van der Waals surface area contributed by atoms with E-state index >= 15 is 0 Å². The van der Waals surface area contributed by atoms with E-state index in [0.717, 1.165) is 17.7 Å². The van der Waals surface area contributed by atoms with Gasteiger partial charge in [-0.05, 0) is 19.3 Å². The number of hydrogen-bond acceptors (Lipinski definition) is 2. The lowest BCUT2D eigenvalue weighted by atomic mass is 10.0. The number of nitrogens with zero attached hydrogens (tertiary/aromatic N) is 1. The number of likely N-dealkylation sites (tertiary alicyclic amines) is 1. The Hall–Kier alpha value is -0.580. The van der Waals surface area contributed by atoms with Crippen molar-refractivity contribution in [1.29, 1.82) is 0 Å². The van der Waals surface area contributed by atoms with Crippen LogP contribution in [-0.4, -0.2) is 44.6 Å². The minimum atomic E-state index is -4.12. The second kappa shape index (κ2) is 4.29. The third kappa shape index (κ3) is 3.29. The Morgan fingerprint density at radius 2 is 2.07 bits per heavy atom. The first kappa shape index (κ1) is 11.5. The smallest absolute Gasteiger partial charge is 0.407 e. The van der Waals surface area contributed by atoms with Crippen molar-refractivity contribution in [3.8, 4) is 0 Å². The van der Waals surface area contributed by atoms with Gasteiger partial charge in [-0.25, -0.2) is 4.79 Å². The third-order valence-electron chi connectivity index (χ3n) is 2.32. The van der Waals surface area contributed by atoms with Crippen molar-refractivity contribution in [2.75, 3.05) is 12.7 Å². The summed E-state index contributed by atoms with van der Waals surface area (Å²) in [5.74, 6) is 0. The van der Waals surface area contributed by atoms with E-state index in [1.165, 1.54) is 0 Å². The summed E-state index contributed by atoms with van der Waals surface area (Å²) in [7, 11) is -4.12. The van der Waals surface area contributed by atoms with Crippen molar-refractivity contribution < 1.29 is 24.3 Å². The fourth-order valence-corrected chi connectivity index (χ4v) is 2.65. The maximum atomic E-state index is 10.7. The highest BCUT2D eigenvalue weighted by atomic mass is 31.2. The molecule has 0 radical (unpaired) electrons. The topological polar surface area (TPSA) is 98.1 Å². The van der Waals surface area contributed by atoms with Crippen molar-refractivity contribution in [1.82, 2.24) is 4.90 Å². The number of piperidine rings is 1. The standard InChI is InChI=1S/C7H14NO5P/c9-7(10)8-4-2-1-3-6(8)5-14(11,12)13/h6H,1-5H2,(H,9,10)(H2,11,12,13). The zero-order valence-electron chi connectivity index (χ0n) is 7.67. The Balaban J connectivity index is 2.63. The van der Waals surface area contributed by atoms with Gasteiger partial charge in [0.15, 0.2) is 0 Å². The molecule has 0 spiro atoms. The van der Waals surface area contributed by atoms with Crippen LogP contribution in [-0.2, 0) is 4.57 Å². The summed E-state index contributed by atoms with van der Waals surface area (Å²) in [6.45, 7) is 0.375. The molecule has 3 N–H and O–H groups in total. The molecule has 0 bridgehead atoms. The molecule has 0 aromatic heterocycles. The van der Waals surface area contributed by atoms with E-state index in [0.29, 0.717) is 13.0 Å². The molecular weight excluding hydrogens is 209 g/mol. The first-order valence-corrected chi connectivity index (χ1v) is 6.24. The minimum Gasteiger partial charge on any atom is -0.465 e. The highest BCUT2D eigenvalue weighted by molar-refractivity contribution is 7.51. The molecule has 82 valence electrons. The van der Waals surface area contributed by atoms with Crippen molar-refractivity contribution in [3.63, 3.8) is 0 Å². The molecule has 0 aromatic carbocycles. The lowest BCUT2D eigenvalue weighted by molar-refractivity contribution is 0.111. The van der Waals surface area contributed by atoms with Crippen LogP contribution in [0.4, 0.5) is 4.79 Å². The molecule has 6 nitrogen and oxygen atoms in total. The van der Waals surface area contributed by atoms with E-state index in [-0.39, 0.29) is 6.16 Å². The van der Waals surface area contributed by atoms with Crippen LogP contribution in [0.2, 0.25) is 0 Å². The molecule has 1 fully saturated rings. The van der Waals surface area contributed by atoms with Crippen LogP contribution >= 0.6 is 7.60 Å². The molecule has 7 heteroatoms. The van der Waals surface area contributed by atoms with Gasteiger partial charge in [0.05, 0.1) is 6.16 Å². The van der Waals surface area contributed by atoms with Gasteiger partial charge in [-0.15, -0.1) is 0 Å². The predicted octanol–water partition coefficient (Wildman–Crippen LogP) is 0.697. The van der Waals surface area contributed by atoms with E-state index in [2.05, 4.69) is 0 Å². The normalized spacial score (nSPS) is 23.6. The van der Waals surface area contributed by atoms with Crippen LogP contribution in [0.25, 0.3) is 0 Å². The van der Waals surface area contributed by atoms with Gasteiger partial charge in [-0.3, -0.25) is 4.57 Å². The summed E-state index contributed by atoms with van der Waals surface area (Å²) in [6, 6.07) is -0.526. The monoisotopic (exact) mass is 223 g/mol. The maximum absolute atomic E-state index is 10.7. The average molecular weight is 223 g/mol. The molecule has 0 aliphatic carbocycles. The molecular formula is C7H14NO5P. The van der Waals surface area contributed by atoms with E-state index in [1.807, 2.05) is 0 Å². The fourth-order valence-electron chi connectivity index (χ4n) is 1.72. The Morgan fingerprint density at radius 3 is 2.57 bits per heavy atom. The Bertz CT molecular complexity index is 263. The number of amides is 1. The Labute approximate surface area is 81.7 Å². The maximum Gasteiger partial charge on any atom is 0.407 e. The summed E-state index contributed by atoms with van der Waals surface area (Å²) in [6.07, 6.45) is 0.679.